The molecule has 0 saturated carbocycles. The summed E-state index contributed by atoms with van der Waals surface area (Å²) in [5, 5.41) is 9.18. The van der Waals surface area contributed by atoms with Crippen molar-refractivity contribution in [1.82, 2.24) is 0 Å². The number of anilines is 1. The van der Waals surface area contributed by atoms with Crippen molar-refractivity contribution in [2.45, 2.75) is 38.7 Å². The van der Waals surface area contributed by atoms with Crippen LogP contribution in [0.5, 0.6) is 5.75 Å². The van der Waals surface area contributed by atoms with Crippen LogP contribution in [0.1, 0.15) is 32.6 Å². The van der Waals surface area contributed by atoms with E-state index in [1.807, 2.05) is 0 Å². The highest BCUT2D eigenvalue weighted by atomic mass is 35.5. The average molecular weight is 384 g/mol. The number of carboxylic acid groups (broad SMARTS) is 1. The van der Waals surface area contributed by atoms with Gasteiger partial charge in [0, 0.05) is 17.2 Å². The van der Waals surface area contributed by atoms with Gasteiger partial charge in [0.05, 0.1) is 15.7 Å². The molecule has 8 heteroatoms. The third-order valence-electron chi connectivity index (χ3n) is 4.28. The number of carboxylic acids is 1. The Hall–Kier alpha value is -2.05. The van der Waals surface area contributed by atoms with E-state index in [2.05, 4.69) is 0 Å². The van der Waals surface area contributed by atoms with Crippen molar-refractivity contribution >= 4 is 46.7 Å². The lowest BCUT2D eigenvalue weighted by Gasteiger charge is -2.19. The standard InChI is InChI=1S/C17H15Cl2NO5/c1-8(17(23)24)25-14-7-13(11(18)6-12(14)19)20-15(21)9-4-2-3-5-10(9)16(20)22/h6-8H,2-5H2,1H3,(H,23,24). The number of hydrogen-bond donors (Lipinski definition) is 1. The topological polar surface area (TPSA) is 83.9 Å². The summed E-state index contributed by atoms with van der Waals surface area (Å²) in [6.45, 7) is 1.35. The molecule has 1 aromatic rings. The first-order valence-electron chi connectivity index (χ1n) is 7.80. The van der Waals surface area contributed by atoms with Crippen LogP contribution in [0.25, 0.3) is 0 Å². The Bertz CT molecular complexity index is 790. The molecule has 1 N–H and O–H groups in total. The molecule has 0 aromatic heterocycles. The first kappa shape index (κ1) is 17.8. The fourth-order valence-corrected chi connectivity index (χ4v) is 3.49. The van der Waals surface area contributed by atoms with Gasteiger partial charge in [-0.2, -0.15) is 0 Å². The molecule has 1 atom stereocenters. The van der Waals surface area contributed by atoms with E-state index < -0.39 is 12.1 Å². The van der Waals surface area contributed by atoms with Crippen LogP contribution in [0.15, 0.2) is 23.3 Å². The lowest BCUT2D eigenvalue weighted by molar-refractivity contribution is -0.144. The number of ether oxygens (including phenoxy) is 1. The minimum absolute atomic E-state index is 0.0430. The zero-order chi connectivity index (χ0) is 18.3. The van der Waals surface area contributed by atoms with Crippen LogP contribution in [-0.4, -0.2) is 29.0 Å². The van der Waals surface area contributed by atoms with Crippen LogP contribution >= 0.6 is 23.2 Å². The summed E-state index contributed by atoms with van der Waals surface area (Å²) in [5.74, 6) is -1.90. The van der Waals surface area contributed by atoms with Crippen LogP contribution < -0.4 is 9.64 Å². The molecular weight excluding hydrogens is 369 g/mol. The quantitative estimate of drug-likeness (QED) is 0.803. The zero-order valence-electron chi connectivity index (χ0n) is 13.3. The molecular formula is C17H15Cl2NO5. The number of hydrogen-bond acceptors (Lipinski definition) is 4. The van der Waals surface area contributed by atoms with Crippen LogP contribution in [0, 0.1) is 0 Å². The van der Waals surface area contributed by atoms with Gasteiger partial charge >= 0.3 is 5.97 Å². The molecule has 1 unspecified atom stereocenters. The summed E-state index contributed by atoms with van der Waals surface area (Å²) < 4.78 is 5.30. The minimum Gasteiger partial charge on any atom is -0.479 e. The summed E-state index contributed by atoms with van der Waals surface area (Å²) in [6.07, 6.45) is 1.72. The van der Waals surface area contributed by atoms with Gasteiger partial charge in [-0.3, -0.25) is 9.59 Å². The molecule has 0 radical (unpaired) electrons. The number of carbonyl (C=O) groups excluding carboxylic acids is 2. The number of carbonyl (C=O) groups is 3. The molecule has 1 aromatic carbocycles. The van der Waals surface area contributed by atoms with E-state index in [0.29, 0.717) is 24.0 Å². The second-order valence-electron chi connectivity index (χ2n) is 5.94. The smallest absolute Gasteiger partial charge is 0.344 e. The Morgan fingerprint density at radius 1 is 1.12 bits per heavy atom. The Labute approximate surface area is 154 Å². The summed E-state index contributed by atoms with van der Waals surface area (Å²) in [7, 11) is 0. The maximum Gasteiger partial charge on any atom is 0.344 e. The van der Waals surface area contributed by atoms with Crippen LogP contribution in [0.2, 0.25) is 10.0 Å². The predicted molar refractivity (Wildman–Crippen MR) is 92.2 cm³/mol. The van der Waals surface area contributed by atoms with Crippen LogP contribution in [0.3, 0.4) is 0 Å². The molecule has 2 aliphatic rings. The highest BCUT2D eigenvalue weighted by molar-refractivity contribution is 6.41. The largest absolute Gasteiger partial charge is 0.479 e. The number of rotatable bonds is 4. The molecule has 1 aliphatic heterocycles. The number of nitrogens with zero attached hydrogens (tertiary/aromatic N) is 1. The first-order chi connectivity index (χ1) is 11.8. The SMILES string of the molecule is CC(Oc1cc(N2C(=O)C3=C(CCCC3)C2=O)c(Cl)cc1Cl)C(=O)O. The van der Waals surface area contributed by atoms with Crippen molar-refractivity contribution in [1.29, 1.82) is 0 Å². The van der Waals surface area contributed by atoms with Gasteiger partial charge in [-0.05, 0) is 38.7 Å². The average Bonchev–Trinajstić information content (AvgIpc) is 2.82. The van der Waals surface area contributed by atoms with E-state index in [1.165, 1.54) is 19.1 Å². The maximum absolute atomic E-state index is 12.7. The Kier molecular flexibility index (Phi) is 4.75. The minimum atomic E-state index is -1.17. The molecule has 0 bridgehead atoms. The van der Waals surface area contributed by atoms with Gasteiger partial charge in [-0.15, -0.1) is 0 Å². The summed E-state index contributed by atoms with van der Waals surface area (Å²) in [5.41, 5.74) is 1.20. The first-order valence-corrected chi connectivity index (χ1v) is 8.56. The number of amides is 2. The van der Waals surface area contributed by atoms with E-state index in [1.54, 1.807) is 0 Å². The summed E-state index contributed by atoms with van der Waals surface area (Å²) >= 11 is 12.2. The molecule has 3 rings (SSSR count). The molecule has 6 nitrogen and oxygen atoms in total. The molecule has 25 heavy (non-hydrogen) atoms. The van der Waals surface area contributed by atoms with Gasteiger partial charge in [0.1, 0.15) is 5.75 Å². The third kappa shape index (κ3) is 3.12. The fourth-order valence-electron chi connectivity index (χ4n) is 2.98. The number of imide groups is 1. The normalized spacial score (nSPS) is 18.4. The molecule has 0 saturated heterocycles. The van der Waals surface area contributed by atoms with Crippen molar-refractivity contribution in [3.05, 3.63) is 33.3 Å². The Balaban J connectivity index is 1.99. The lowest BCUT2D eigenvalue weighted by atomic mass is 9.93. The fraction of sp³-hybridized carbons (Fsp3) is 0.353. The number of halogens is 2. The Morgan fingerprint density at radius 2 is 1.68 bits per heavy atom. The van der Waals surface area contributed by atoms with Gasteiger partial charge in [0.15, 0.2) is 6.10 Å². The van der Waals surface area contributed by atoms with Crippen LogP contribution in [-0.2, 0) is 14.4 Å². The number of aliphatic carboxylic acids is 1. The van der Waals surface area contributed by atoms with E-state index >= 15 is 0 Å². The number of benzene rings is 1. The van der Waals surface area contributed by atoms with Crippen molar-refractivity contribution < 1.29 is 24.2 Å². The molecule has 2 amide bonds. The van der Waals surface area contributed by atoms with Crippen molar-refractivity contribution in [3.8, 4) is 5.75 Å². The van der Waals surface area contributed by atoms with Gasteiger partial charge in [-0.25, -0.2) is 9.69 Å². The van der Waals surface area contributed by atoms with Crippen molar-refractivity contribution in [2.24, 2.45) is 0 Å². The van der Waals surface area contributed by atoms with E-state index in [-0.39, 0.29) is 33.3 Å². The third-order valence-corrected chi connectivity index (χ3v) is 4.88. The predicted octanol–water partition coefficient (Wildman–Crippen LogP) is 3.59. The Morgan fingerprint density at radius 3 is 2.20 bits per heavy atom. The summed E-state index contributed by atoms with van der Waals surface area (Å²) in [4.78, 5) is 37.3. The van der Waals surface area contributed by atoms with Gasteiger partial charge in [0.2, 0.25) is 0 Å². The van der Waals surface area contributed by atoms with E-state index in [9.17, 15) is 14.4 Å². The molecule has 1 heterocycles. The van der Waals surface area contributed by atoms with Crippen LogP contribution in [0.4, 0.5) is 5.69 Å². The van der Waals surface area contributed by atoms with Gasteiger partial charge in [0.25, 0.3) is 11.8 Å². The molecule has 1 aliphatic carbocycles. The molecule has 0 spiro atoms. The van der Waals surface area contributed by atoms with Crippen molar-refractivity contribution in [3.63, 3.8) is 0 Å². The molecule has 0 fully saturated rings. The van der Waals surface area contributed by atoms with Gasteiger partial charge in [-0.1, -0.05) is 23.2 Å². The lowest BCUT2D eigenvalue weighted by Crippen LogP contribution is -2.32. The van der Waals surface area contributed by atoms with E-state index in [4.69, 9.17) is 33.0 Å². The highest BCUT2D eigenvalue weighted by Gasteiger charge is 2.40. The highest BCUT2D eigenvalue weighted by Crippen LogP contribution is 2.42. The van der Waals surface area contributed by atoms with E-state index in [0.717, 1.165) is 17.7 Å². The van der Waals surface area contributed by atoms with Crippen molar-refractivity contribution in [2.75, 3.05) is 4.90 Å². The summed E-state index contributed by atoms with van der Waals surface area (Å²) in [6, 6.07) is 2.67. The van der Waals surface area contributed by atoms with Gasteiger partial charge < -0.3 is 9.84 Å². The second-order valence-corrected chi connectivity index (χ2v) is 6.76. The second kappa shape index (κ2) is 6.69. The molecule has 132 valence electrons. The maximum atomic E-state index is 12.7. The monoisotopic (exact) mass is 383 g/mol. The zero-order valence-corrected chi connectivity index (χ0v) is 14.9.